The number of ketones is 1. The number of benzene rings is 1. The number of hydrogen-bond donors (Lipinski definition) is 0. The molecule has 0 saturated carbocycles. The summed E-state index contributed by atoms with van der Waals surface area (Å²) in [6.07, 6.45) is 4.65. The van der Waals surface area contributed by atoms with Crippen molar-refractivity contribution in [3.8, 4) is 0 Å². The monoisotopic (exact) mass is 230 g/mol. The summed E-state index contributed by atoms with van der Waals surface area (Å²) in [5.41, 5.74) is 3.69. The van der Waals surface area contributed by atoms with Crippen molar-refractivity contribution in [1.82, 2.24) is 0 Å². The Labute approximate surface area is 102 Å². The third kappa shape index (κ3) is 2.02. The molecule has 1 aliphatic carbocycles. The first-order valence-corrected chi connectivity index (χ1v) is 6.51. The maximum absolute atomic E-state index is 12.3. The summed E-state index contributed by atoms with van der Waals surface area (Å²) in [6, 6.07) is 6.23. The molecule has 1 heterocycles. The van der Waals surface area contributed by atoms with Crippen LogP contribution in [0.4, 0.5) is 0 Å². The molecule has 2 atom stereocenters. The molecule has 1 aliphatic heterocycles. The van der Waals surface area contributed by atoms with Crippen molar-refractivity contribution in [2.45, 2.75) is 38.7 Å². The van der Waals surface area contributed by atoms with Gasteiger partial charge in [0.1, 0.15) is 0 Å². The van der Waals surface area contributed by atoms with Crippen LogP contribution < -0.4 is 0 Å². The fourth-order valence-corrected chi connectivity index (χ4v) is 2.96. The number of rotatable bonds is 2. The minimum atomic E-state index is 0.0736. The highest BCUT2D eigenvalue weighted by Gasteiger charge is 2.29. The molecule has 17 heavy (non-hydrogen) atoms. The normalized spacial score (nSPS) is 27.1. The van der Waals surface area contributed by atoms with Crippen LogP contribution in [-0.2, 0) is 17.6 Å². The fourth-order valence-electron chi connectivity index (χ4n) is 2.96. The van der Waals surface area contributed by atoms with Crippen LogP contribution in [0, 0.1) is 5.92 Å². The number of ether oxygens (including phenoxy) is 1. The largest absolute Gasteiger partial charge is 0.378 e. The lowest BCUT2D eigenvalue weighted by Gasteiger charge is -2.08. The van der Waals surface area contributed by atoms with E-state index in [9.17, 15) is 4.79 Å². The maximum atomic E-state index is 12.3. The molecular weight excluding hydrogens is 212 g/mol. The molecule has 2 nitrogen and oxygen atoms in total. The summed E-state index contributed by atoms with van der Waals surface area (Å²) < 4.78 is 5.48. The molecule has 1 aromatic rings. The Bertz CT molecular complexity index is 450. The summed E-state index contributed by atoms with van der Waals surface area (Å²) in [4.78, 5) is 12.3. The highest BCUT2D eigenvalue weighted by atomic mass is 16.5. The van der Waals surface area contributed by atoms with Crippen molar-refractivity contribution in [2.24, 2.45) is 5.92 Å². The SMILES string of the molecule is CC1CC(C(=O)c2ccc3c(c2)CCC3)CO1. The Kier molecular flexibility index (Phi) is 2.75. The average molecular weight is 230 g/mol. The van der Waals surface area contributed by atoms with E-state index in [1.165, 1.54) is 24.0 Å². The second-order valence-electron chi connectivity index (χ2n) is 5.28. The third-order valence-electron chi connectivity index (χ3n) is 3.95. The Morgan fingerprint density at radius 3 is 2.88 bits per heavy atom. The second-order valence-corrected chi connectivity index (χ2v) is 5.28. The van der Waals surface area contributed by atoms with Crippen LogP contribution in [0.2, 0.25) is 0 Å². The molecule has 1 aromatic carbocycles. The predicted molar refractivity (Wildman–Crippen MR) is 66.3 cm³/mol. The predicted octanol–water partition coefficient (Wildman–Crippen LogP) is 2.78. The van der Waals surface area contributed by atoms with Crippen molar-refractivity contribution in [1.29, 1.82) is 0 Å². The molecule has 0 aromatic heterocycles. The van der Waals surface area contributed by atoms with Crippen LogP contribution in [0.25, 0.3) is 0 Å². The van der Waals surface area contributed by atoms with E-state index in [0.29, 0.717) is 6.61 Å². The van der Waals surface area contributed by atoms with Crippen molar-refractivity contribution in [3.63, 3.8) is 0 Å². The van der Waals surface area contributed by atoms with Crippen LogP contribution in [0.15, 0.2) is 18.2 Å². The molecule has 2 unspecified atom stereocenters. The van der Waals surface area contributed by atoms with E-state index in [1.54, 1.807) is 0 Å². The number of Topliss-reactive ketones (excluding diaryl/α,β-unsaturated/α-hetero) is 1. The maximum Gasteiger partial charge on any atom is 0.168 e. The average Bonchev–Trinajstić information content (AvgIpc) is 2.95. The van der Waals surface area contributed by atoms with Gasteiger partial charge in [0.15, 0.2) is 5.78 Å². The summed E-state index contributed by atoms with van der Waals surface area (Å²) in [7, 11) is 0. The lowest BCUT2D eigenvalue weighted by molar-refractivity contribution is 0.0877. The standard InChI is InChI=1S/C15H18O2/c1-10-7-14(9-17-10)15(16)13-6-5-11-3-2-4-12(11)8-13/h5-6,8,10,14H,2-4,7,9H2,1H3. The van der Waals surface area contributed by atoms with Gasteiger partial charge in [0.25, 0.3) is 0 Å². The van der Waals surface area contributed by atoms with Crippen LogP contribution in [-0.4, -0.2) is 18.5 Å². The first-order valence-electron chi connectivity index (χ1n) is 6.51. The quantitative estimate of drug-likeness (QED) is 0.730. The van der Waals surface area contributed by atoms with Gasteiger partial charge in [0.05, 0.1) is 12.7 Å². The molecule has 0 spiro atoms. The van der Waals surface area contributed by atoms with E-state index in [1.807, 2.05) is 13.0 Å². The molecule has 0 N–H and O–H groups in total. The van der Waals surface area contributed by atoms with Crippen LogP contribution in [0.3, 0.4) is 0 Å². The fraction of sp³-hybridized carbons (Fsp3) is 0.533. The van der Waals surface area contributed by atoms with Crippen molar-refractivity contribution in [3.05, 3.63) is 34.9 Å². The minimum Gasteiger partial charge on any atom is -0.378 e. The zero-order valence-electron chi connectivity index (χ0n) is 10.2. The van der Waals surface area contributed by atoms with Gasteiger partial charge in [-0.25, -0.2) is 0 Å². The molecule has 1 saturated heterocycles. The van der Waals surface area contributed by atoms with E-state index in [-0.39, 0.29) is 17.8 Å². The topological polar surface area (TPSA) is 26.3 Å². The molecule has 3 rings (SSSR count). The van der Waals surface area contributed by atoms with E-state index >= 15 is 0 Å². The van der Waals surface area contributed by atoms with Crippen molar-refractivity contribution < 1.29 is 9.53 Å². The lowest BCUT2D eigenvalue weighted by Crippen LogP contribution is -2.15. The van der Waals surface area contributed by atoms with Gasteiger partial charge in [-0.1, -0.05) is 12.1 Å². The molecule has 1 fully saturated rings. The molecule has 2 heteroatoms. The van der Waals surface area contributed by atoms with E-state index in [2.05, 4.69) is 12.1 Å². The number of aryl methyl sites for hydroxylation is 2. The molecule has 0 radical (unpaired) electrons. The van der Waals surface area contributed by atoms with Crippen molar-refractivity contribution in [2.75, 3.05) is 6.61 Å². The van der Waals surface area contributed by atoms with E-state index < -0.39 is 0 Å². The highest BCUT2D eigenvalue weighted by Crippen LogP contribution is 2.27. The van der Waals surface area contributed by atoms with Gasteiger partial charge >= 0.3 is 0 Å². The van der Waals surface area contributed by atoms with Crippen LogP contribution in [0.1, 0.15) is 41.3 Å². The smallest absolute Gasteiger partial charge is 0.168 e. The minimum absolute atomic E-state index is 0.0736. The highest BCUT2D eigenvalue weighted by molar-refractivity contribution is 5.98. The van der Waals surface area contributed by atoms with E-state index in [4.69, 9.17) is 4.74 Å². The Morgan fingerprint density at radius 2 is 2.12 bits per heavy atom. The lowest BCUT2D eigenvalue weighted by atomic mass is 9.93. The Morgan fingerprint density at radius 1 is 1.29 bits per heavy atom. The van der Waals surface area contributed by atoms with Gasteiger partial charge in [0, 0.05) is 11.5 Å². The van der Waals surface area contributed by atoms with Gasteiger partial charge < -0.3 is 4.74 Å². The number of hydrogen-bond acceptors (Lipinski definition) is 2. The zero-order chi connectivity index (χ0) is 11.8. The number of carbonyl (C=O) groups is 1. The van der Waals surface area contributed by atoms with Gasteiger partial charge in [-0.3, -0.25) is 4.79 Å². The summed E-state index contributed by atoms with van der Waals surface area (Å²) in [6.45, 7) is 2.63. The first-order chi connectivity index (χ1) is 8.24. The zero-order valence-corrected chi connectivity index (χ0v) is 10.2. The Balaban J connectivity index is 1.82. The second kappa shape index (κ2) is 4.26. The first kappa shape index (κ1) is 11.0. The van der Waals surface area contributed by atoms with Gasteiger partial charge in [0.2, 0.25) is 0 Å². The van der Waals surface area contributed by atoms with Gasteiger partial charge in [-0.2, -0.15) is 0 Å². The molecule has 0 bridgehead atoms. The van der Waals surface area contributed by atoms with Gasteiger partial charge in [-0.05, 0) is 49.8 Å². The Hall–Kier alpha value is -1.15. The third-order valence-corrected chi connectivity index (χ3v) is 3.95. The van der Waals surface area contributed by atoms with Crippen LogP contribution in [0.5, 0.6) is 0 Å². The number of fused-ring (bicyclic) bond motifs is 1. The van der Waals surface area contributed by atoms with Crippen molar-refractivity contribution >= 4 is 5.78 Å². The molecule has 2 aliphatic rings. The van der Waals surface area contributed by atoms with E-state index in [0.717, 1.165) is 18.4 Å². The van der Waals surface area contributed by atoms with Crippen LogP contribution >= 0.6 is 0 Å². The summed E-state index contributed by atoms with van der Waals surface area (Å²) in [5, 5.41) is 0. The summed E-state index contributed by atoms with van der Waals surface area (Å²) >= 11 is 0. The molecule has 0 amide bonds. The molecule has 90 valence electrons. The summed E-state index contributed by atoms with van der Waals surface area (Å²) in [5.74, 6) is 0.341. The van der Waals surface area contributed by atoms with Gasteiger partial charge in [-0.15, -0.1) is 0 Å². The number of carbonyl (C=O) groups excluding carboxylic acids is 1. The molecular formula is C15H18O2.